The summed E-state index contributed by atoms with van der Waals surface area (Å²) < 4.78 is 11.0. The van der Waals surface area contributed by atoms with Crippen molar-refractivity contribution in [1.29, 1.82) is 0 Å². The van der Waals surface area contributed by atoms with Crippen LogP contribution in [-0.4, -0.2) is 36.9 Å². The van der Waals surface area contributed by atoms with Gasteiger partial charge in [-0.2, -0.15) is 0 Å². The van der Waals surface area contributed by atoms with E-state index in [9.17, 15) is 9.59 Å². The molecule has 6 heteroatoms. The number of ether oxygens (including phenoxy) is 2. The average molecular weight is 368 g/mol. The van der Waals surface area contributed by atoms with Gasteiger partial charge in [0, 0.05) is 37.7 Å². The molecular formula is C21H24N2O4. The van der Waals surface area contributed by atoms with E-state index >= 15 is 0 Å². The smallest absolute Gasteiger partial charge is 0.224 e. The van der Waals surface area contributed by atoms with Crippen molar-refractivity contribution in [3.63, 3.8) is 0 Å². The molecule has 0 saturated carbocycles. The van der Waals surface area contributed by atoms with Crippen molar-refractivity contribution in [2.75, 3.05) is 25.5 Å². The van der Waals surface area contributed by atoms with Crippen molar-refractivity contribution in [2.45, 2.75) is 25.7 Å². The first-order valence-corrected chi connectivity index (χ1v) is 9.13. The molecule has 1 aliphatic heterocycles. The van der Waals surface area contributed by atoms with Crippen LogP contribution in [0.5, 0.6) is 17.2 Å². The van der Waals surface area contributed by atoms with Gasteiger partial charge in [0.15, 0.2) is 0 Å². The lowest BCUT2D eigenvalue weighted by atomic mass is 10.2. The minimum Gasteiger partial charge on any atom is -0.497 e. The van der Waals surface area contributed by atoms with Crippen LogP contribution in [0.15, 0.2) is 48.5 Å². The van der Waals surface area contributed by atoms with E-state index in [0.29, 0.717) is 37.3 Å². The van der Waals surface area contributed by atoms with Crippen LogP contribution >= 0.6 is 0 Å². The molecule has 27 heavy (non-hydrogen) atoms. The van der Waals surface area contributed by atoms with Crippen LogP contribution in [0.4, 0.5) is 5.69 Å². The lowest BCUT2D eigenvalue weighted by molar-refractivity contribution is -0.128. The second-order valence-electron chi connectivity index (χ2n) is 6.44. The van der Waals surface area contributed by atoms with Crippen LogP contribution in [0, 0.1) is 0 Å². The largest absolute Gasteiger partial charge is 0.497 e. The van der Waals surface area contributed by atoms with E-state index in [1.165, 1.54) is 0 Å². The van der Waals surface area contributed by atoms with Crippen LogP contribution in [0.3, 0.4) is 0 Å². The summed E-state index contributed by atoms with van der Waals surface area (Å²) in [5, 5.41) is 2.87. The van der Waals surface area contributed by atoms with Crippen LogP contribution in [0.25, 0.3) is 0 Å². The van der Waals surface area contributed by atoms with Gasteiger partial charge in [0.05, 0.1) is 7.11 Å². The standard InChI is InChI=1S/C21H24N2O4/c1-26-18-5-2-6-19(15-18)27-17-11-9-16(10-12-17)22-20(24)7-3-13-23-14-4-8-21(23)25/h2,5-6,9-12,15H,3-4,7-8,13-14H2,1H3,(H,22,24). The van der Waals surface area contributed by atoms with Gasteiger partial charge >= 0.3 is 0 Å². The summed E-state index contributed by atoms with van der Waals surface area (Å²) in [7, 11) is 1.61. The number of hydrogen-bond donors (Lipinski definition) is 1. The molecule has 0 bridgehead atoms. The summed E-state index contributed by atoms with van der Waals surface area (Å²) >= 11 is 0. The van der Waals surface area contributed by atoms with Gasteiger partial charge in [-0.3, -0.25) is 9.59 Å². The molecule has 0 unspecified atom stereocenters. The highest BCUT2D eigenvalue weighted by molar-refractivity contribution is 5.90. The zero-order valence-corrected chi connectivity index (χ0v) is 15.4. The van der Waals surface area contributed by atoms with Gasteiger partial charge in [-0.25, -0.2) is 0 Å². The highest BCUT2D eigenvalue weighted by atomic mass is 16.5. The molecule has 0 radical (unpaired) electrons. The number of carbonyl (C=O) groups excluding carboxylic acids is 2. The van der Waals surface area contributed by atoms with Crippen molar-refractivity contribution >= 4 is 17.5 Å². The molecule has 1 saturated heterocycles. The van der Waals surface area contributed by atoms with Gasteiger partial charge in [-0.05, 0) is 49.2 Å². The molecule has 0 atom stereocenters. The van der Waals surface area contributed by atoms with Crippen LogP contribution in [0.1, 0.15) is 25.7 Å². The van der Waals surface area contributed by atoms with E-state index in [1.54, 1.807) is 37.4 Å². The molecule has 3 rings (SSSR count). The Morgan fingerprint density at radius 2 is 1.89 bits per heavy atom. The SMILES string of the molecule is COc1cccc(Oc2ccc(NC(=O)CCCN3CCCC3=O)cc2)c1. The molecule has 6 nitrogen and oxygen atoms in total. The fourth-order valence-corrected chi connectivity index (χ4v) is 3.00. The third kappa shape index (κ3) is 5.48. The summed E-state index contributed by atoms with van der Waals surface area (Å²) in [6.45, 7) is 1.47. The number of rotatable bonds is 8. The quantitative estimate of drug-likeness (QED) is 0.769. The third-order valence-electron chi connectivity index (χ3n) is 4.42. The van der Waals surface area contributed by atoms with Gasteiger partial charge in [0.2, 0.25) is 11.8 Å². The highest BCUT2D eigenvalue weighted by Gasteiger charge is 2.19. The molecule has 1 fully saturated rings. The maximum Gasteiger partial charge on any atom is 0.224 e. The summed E-state index contributed by atoms with van der Waals surface area (Å²) in [5.41, 5.74) is 0.718. The maximum absolute atomic E-state index is 12.1. The van der Waals surface area contributed by atoms with E-state index in [0.717, 1.165) is 24.4 Å². The highest BCUT2D eigenvalue weighted by Crippen LogP contribution is 2.26. The first kappa shape index (κ1) is 18.8. The average Bonchev–Trinajstić information content (AvgIpc) is 3.08. The molecule has 0 aromatic heterocycles. The lowest BCUT2D eigenvalue weighted by Crippen LogP contribution is -2.26. The predicted octanol–water partition coefficient (Wildman–Crippen LogP) is 3.83. The minimum atomic E-state index is -0.0527. The molecule has 1 N–H and O–H groups in total. The number of anilines is 1. The van der Waals surface area contributed by atoms with E-state index < -0.39 is 0 Å². The van der Waals surface area contributed by atoms with E-state index in [2.05, 4.69) is 5.32 Å². The van der Waals surface area contributed by atoms with Gasteiger partial charge in [0.25, 0.3) is 0 Å². The first-order chi connectivity index (χ1) is 13.1. The normalized spacial score (nSPS) is 13.5. The van der Waals surface area contributed by atoms with Crippen LogP contribution in [-0.2, 0) is 9.59 Å². The van der Waals surface area contributed by atoms with Gasteiger partial charge in [-0.15, -0.1) is 0 Å². The number of hydrogen-bond acceptors (Lipinski definition) is 4. The van der Waals surface area contributed by atoms with Crippen molar-refractivity contribution in [3.05, 3.63) is 48.5 Å². The molecule has 2 aromatic rings. The summed E-state index contributed by atoms with van der Waals surface area (Å²) in [6.07, 6.45) is 2.63. The zero-order chi connectivity index (χ0) is 19.1. The number of carbonyl (C=O) groups is 2. The number of nitrogens with one attached hydrogen (secondary N) is 1. The number of benzene rings is 2. The van der Waals surface area contributed by atoms with Crippen LogP contribution in [0.2, 0.25) is 0 Å². The Labute approximate surface area is 159 Å². The monoisotopic (exact) mass is 368 g/mol. The van der Waals surface area contributed by atoms with Gasteiger partial charge in [-0.1, -0.05) is 6.07 Å². The Hall–Kier alpha value is -3.02. The van der Waals surface area contributed by atoms with E-state index in [4.69, 9.17) is 9.47 Å². The molecule has 2 amide bonds. The number of amides is 2. The Kier molecular flexibility index (Phi) is 6.30. The van der Waals surface area contributed by atoms with Crippen molar-refractivity contribution in [2.24, 2.45) is 0 Å². The third-order valence-corrected chi connectivity index (χ3v) is 4.42. The Bertz CT molecular complexity index is 789. The topological polar surface area (TPSA) is 67.9 Å². The maximum atomic E-state index is 12.1. The van der Waals surface area contributed by atoms with E-state index in [-0.39, 0.29) is 11.8 Å². The zero-order valence-electron chi connectivity index (χ0n) is 15.4. The summed E-state index contributed by atoms with van der Waals surface area (Å²) in [4.78, 5) is 25.4. The summed E-state index contributed by atoms with van der Waals surface area (Å²) in [6, 6.07) is 14.6. The molecule has 1 heterocycles. The second-order valence-corrected chi connectivity index (χ2v) is 6.44. The Morgan fingerprint density at radius 3 is 2.59 bits per heavy atom. The fraction of sp³-hybridized carbons (Fsp3) is 0.333. The van der Waals surface area contributed by atoms with Crippen molar-refractivity contribution in [3.8, 4) is 17.2 Å². The summed E-state index contributed by atoms with van der Waals surface area (Å²) in [5.74, 6) is 2.23. The first-order valence-electron chi connectivity index (χ1n) is 9.13. The van der Waals surface area contributed by atoms with Crippen molar-refractivity contribution in [1.82, 2.24) is 4.90 Å². The number of methoxy groups -OCH3 is 1. The Morgan fingerprint density at radius 1 is 1.11 bits per heavy atom. The molecule has 2 aromatic carbocycles. The van der Waals surface area contributed by atoms with Gasteiger partial charge < -0.3 is 19.7 Å². The Balaban J connectivity index is 1.45. The molecule has 1 aliphatic rings. The second kappa shape index (κ2) is 9.07. The fourth-order valence-electron chi connectivity index (χ4n) is 3.00. The molecular weight excluding hydrogens is 344 g/mol. The molecule has 0 aliphatic carbocycles. The molecule has 142 valence electrons. The van der Waals surface area contributed by atoms with Crippen molar-refractivity contribution < 1.29 is 19.1 Å². The molecule has 0 spiro atoms. The van der Waals surface area contributed by atoms with Crippen LogP contribution < -0.4 is 14.8 Å². The van der Waals surface area contributed by atoms with Gasteiger partial charge in [0.1, 0.15) is 17.2 Å². The minimum absolute atomic E-state index is 0.0527. The lowest BCUT2D eigenvalue weighted by Gasteiger charge is -2.14. The number of nitrogens with zero attached hydrogens (tertiary/aromatic N) is 1. The number of likely N-dealkylation sites (tertiary alicyclic amines) is 1. The van der Waals surface area contributed by atoms with E-state index in [1.807, 2.05) is 23.1 Å². The predicted molar refractivity (Wildman–Crippen MR) is 103 cm³/mol.